The monoisotopic (exact) mass is 280 g/mol. The van der Waals surface area contributed by atoms with Gasteiger partial charge in [0.1, 0.15) is 0 Å². The summed E-state index contributed by atoms with van der Waals surface area (Å²) in [7, 11) is 2.53. The van der Waals surface area contributed by atoms with E-state index in [1.165, 1.54) is 31.8 Å². The molecule has 112 valence electrons. The van der Waals surface area contributed by atoms with Crippen LogP contribution in [-0.4, -0.2) is 26.2 Å². The number of rotatable bonds is 4. The summed E-state index contributed by atoms with van der Waals surface area (Å²) in [6.07, 6.45) is 6.81. The van der Waals surface area contributed by atoms with Crippen molar-refractivity contribution in [3.05, 3.63) is 23.3 Å². The number of allylic oxidation sites excluding steroid dienone is 3. The molecule has 0 aliphatic heterocycles. The van der Waals surface area contributed by atoms with Crippen LogP contribution in [0.4, 0.5) is 0 Å². The van der Waals surface area contributed by atoms with E-state index >= 15 is 0 Å². The van der Waals surface area contributed by atoms with E-state index in [-0.39, 0.29) is 5.41 Å². The molecule has 0 saturated heterocycles. The average Bonchev–Trinajstić information content (AvgIpc) is 2.40. The Hall–Kier alpha value is -1.58. The van der Waals surface area contributed by atoms with E-state index in [0.29, 0.717) is 0 Å². The quantitative estimate of drug-likeness (QED) is 0.586. The van der Waals surface area contributed by atoms with Gasteiger partial charge in [0.2, 0.25) is 0 Å². The van der Waals surface area contributed by atoms with Crippen molar-refractivity contribution in [1.29, 1.82) is 0 Å². The lowest BCUT2D eigenvalue weighted by Gasteiger charge is -2.33. The van der Waals surface area contributed by atoms with Crippen LogP contribution in [0.3, 0.4) is 0 Å². The lowest BCUT2D eigenvalue weighted by Crippen LogP contribution is -2.25. The second kappa shape index (κ2) is 6.73. The number of hydrogen-bond acceptors (Lipinski definition) is 4. The maximum atomic E-state index is 11.6. The smallest absolute Gasteiger partial charge is 0.323 e. The number of esters is 2. The van der Waals surface area contributed by atoms with E-state index in [1.54, 1.807) is 6.08 Å². The summed E-state index contributed by atoms with van der Waals surface area (Å²) in [6.45, 7) is 6.47. The molecule has 0 bridgehead atoms. The average molecular weight is 280 g/mol. The predicted octanol–water partition coefficient (Wildman–Crippen LogP) is 3.03. The van der Waals surface area contributed by atoms with Gasteiger partial charge in [0, 0.05) is 0 Å². The first-order chi connectivity index (χ1) is 9.33. The molecule has 1 aliphatic rings. The Balaban J connectivity index is 3.03. The van der Waals surface area contributed by atoms with Crippen molar-refractivity contribution in [3.63, 3.8) is 0 Å². The third-order valence-corrected chi connectivity index (χ3v) is 3.91. The minimum atomic E-state index is -0.997. The van der Waals surface area contributed by atoms with Gasteiger partial charge < -0.3 is 9.47 Å². The van der Waals surface area contributed by atoms with Crippen molar-refractivity contribution in [2.45, 2.75) is 40.0 Å². The Morgan fingerprint density at radius 1 is 1.20 bits per heavy atom. The first-order valence-electron chi connectivity index (χ1n) is 6.87. The molecule has 20 heavy (non-hydrogen) atoms. The first-order valence-corrected chi connectivity index (χ1v) is 6.87. The Bertz CT molecular complexity index is 427. The zero-order valence-corrected chi connectivity index (χ0v) is 13.0. The van der Waals surface area contributed by atoms with Gasteiger partial charge in [-0.15, -0.1) is 0 Å². The van der Waals surface area contributed by atoms with E-state index < -0.39 is 17.9 Å². The van der Waals surface area contributed by atoms with E-state index in [9.17, 15) is 9.59 Å². The topological polar surface area (TPSA) is 52.6 Å². The Kier molecular flexibility index (Phi) is 5.54. The summed E-state index contributed by atoms with van der Waals surface area (Å²) in [6, 6.07) is 0. The minimum absolute atomic E-state index is 0.0651. The summed E-state index contributed by atoms with van der Waals surface area (Å²) >= 11 is 0. The molecular formula is C16H24O4. The summed E-state index contributed by atoms with van der Waals surface area (Å²) in [5.74, 6) is -2.19. The van der Waals surface area contributed by atoms with Crippen molar-refractivity contribution in [2.75, 3.05) is 14.2 Å². The Labute approximate surface area is 120 Å². The molecule has 0 unspecified atom stereocenters. The zero-order valence-electron chi connectivity index (χ0n) is 13.0. The maximum Gasteiger partial charge on any atom is 0.323 e. The molecule has 0 aromatic rings. The van der Waals surface area contributed by atoms with Gasteiger partial charge in [0.05, 0.1) is 14.2 Å². The highest BCUT2D eigenvalue weighted by Gasteiger charge is 2.29. The van der Waals surface area contributed by atoms with Crippen LogP contribution in [0.15, 0.2) is 23.3 Å². The highest BCUT2D eigenvalue weighted by Crippen LogP contribution is 2.40. The molecule has 1 aliphatic carbocycles. The molecule has 0 aromatic carbocycles. The number of methoxy groups -OCH3 is 2. The van der Waals surface area contributed by atoms with Crippen LogP contribution in [-0.2, 0) is 19.1 Å². The Morgan fingerprint density at radius 2 is 1.75 bits per heavy atom. The third-order valence-electron chi connectivity index (χ3n) is 3.91. The third kappa shape index (κ3) is 3.71. The zero-order chi connectivity index (χ0) is 15.3. The number of hydrogen-bond donors (Lipinski definition) is 0. The summed E-state index contributed by atoms with van der Waals surface area (Å²) in [5.41, 5.74) is 2.57. The molecular weight excluding hydrogens is 256 g/mol. The first kappa shape index (κ1) is 16.5. The molecule has 0 aromatic heterocycles. The molecule has 0 heterocycles. The molecule has 0 saturated carbocycles. The van der Waals surface area contributed by atoms with Gasteiger partial charge in [-0.3, -0.25) is 9.59 Å². The van der Waals surface area contributed by atoms with Crippen LogP contribution in [0.5, 0.6) is 0 Å². The van der Waals surface area contributed by atoms with E-state index in [1.807, 2.05) is 6.08 Å². The predicted molar refractivity (Wildman–Crippen MR) is 77.0 cm³/mol. The van der Waals surface area contributed by atoms with Crippen LogP contribution < -0.4 is 0 Å². The molecule has 0 radical (unpaired) electrons. The molecule has 0 fully saturated rings. The van der Waals surface area contributed by atoms with Gasteiger partial charge in [0.25, 0.3) is 0 Å². The van der Waals surface area contributed by atoms with Crippen molar-refractivity contribution < 1.29 is 19.1 Å². The molecule has 0 atom stereocenters. The van der Waals surface area contributed by atoms with Crippen LogP contribution in [0.1, 0.15) is 40.0 Å². The number of carbonyl (C=O) groups excluding carboxylic acids is 2. The highest BCUT2D eigenvalue weighted by molar-refractivity contribution is 5.96. The van der Waals surface area contributed by atoms with E-state index in [4.69, 9.17) is 0 Å². The van der Waals surface area contributed by atoms with Gasteiger partial charge >= 0.3 is 11.9 Å². The fraction of sp³-hybridized carbons (Fsp3) is 0.625. The van der Waals surface area contributed by atoms with Crippen molar-refractivity contribution in [1.82, 2.24) is 0 Å². The SMILES string of the molecule is COC(=O)C(/C=C/C1=C(C)CCCC1(C)C)C(=O)OC. The van der Waals surface area contributed by atoms with Gasteiger partial charge in [0.15, 0.2) is 5.92 Å². The highest BCUT2D eigenvalue weighted by atomic mass is 16.5. The van der Waals surface area contributed by atoms with Gasteiger partial charge in [-0.1, -0.05) is 31.6 Å². The normalized spacial score (nSPS) is 18.5. The Morgan fingerprint density at radius 3 is 2.20 bits per heavy atom. The molecule has 0 N–H and O–H groups in total. The standard InChI is InChI=1S/C16H24O4/c1-11-7-6-10-16(2,3)13(11)9-8-12(14(17)19-4)15(18)20-5/h8-9,12H,6-7,10H2,1-5H3/b9-8+. The molecule has 0 spiro atoms. The fourth-order valence-corrected chi connectivity index (χ4v) is 2.71. The second-order valence-electron chi connectivity index (χ2n) is 5.81. The van der Waals surface area contributed by atoms with Crippen LogP contribution in [0, 0.1) is 11.3 Å². The number of ether oxygens (including phenoxy) is 2. The second-order valence-corrected chi connectivity index (χ2v) is 5.81. The van der Waals surface area contributed by atoms with E-state index in [0.717, 1.165) is 12.8 Å². The maximum absolute atomic E-state index is 11.6. The van der Waals surface area contributed by atoms with Crippen molar-refractivity contribution >= 4 is 11.9 Å². The lowest BCUT2D eigenvalue weighted by molar-refractivity contribution is -0.156. The van der Waals surface area contributed by atoms with Crippen molar-refractivity contribution in [2.24, 2.45) is 11.3 Å². The molecule has 4 heteroatoms. The van der Waals surface area contributed by atoms with E-state index in [2.05, 4.69) is 30.2 Å². The van der Waals surface area contributed by atoms with Gasteiger partial charge in [-0.25, -0.2) is 0 Å². The summed E-state index contributed by atoms with van der Waals surface area (Å²) in [5, 5.41) is 0. The minimum Gasteiger partial charge on any atom is -0.468 e. The molecule has 0 amide bonds. The van der Waals surface area contributed by atoms with Crippen molar-refractivity contribution in [3.8, 4) is 0 Å². The van der Waals surface area contributed by atoms with Gasteiger partial charge in [-0.05, 0) is 37.2 Å². The largest absolute Gasteiger partial charge is 0.468 e. The van der Waals surface area contributed by atoms with Crippen LogP contribution >= 0.6 is 0 Å². The fourth-order valence-electron chi connectivity index (χ4n) is 2.71. The lowest BCUT2D eigenvalue weighted by atomic mass is 9.72. The molecule has 4 nitrogen and oxygen atoms in total. The van der Waals surface area contributed by atoms with Crippen LogP contribution in [0.2, 0.25) is 0 Å². The summed E-state index contributed by atoms with van der Waals surface area (Å²) in [4.78, 5) is 23.3. The summed E-state index contributed by atoms with van der Waals surface area (Å²) < 4.78 is 9.29. The number of carbonyl (C=O) groups is 2. The van der Waals surface area contributed by atoms with Crippen LogP contribution in [0.25, 0.3) is 0 Å². The van der Waals surface area contributed by atoms with Gasteiger partial charge in [-0.2, -0.15) is 0 Å². The molecule has 1 rings (SSSR count).